The van der Waals surface area contributed by atoms with Gasteiger partial charge in [-0.05, 0) is 6.07 Å². The van der Waals surface area contributed by atoms with E-state index in [2.05, 4.69) is 4.98 Å². The second-order valence-corrected chi connectivity index (χ2v) is 4.23. The second kappa shape index (κ2) is 4.44. The van der Waals surface area contributed by atoms with Crippen molar-refractivity contribution in [2.24, 2.45) is 11.7 Å². The summed E-state index contributed by atoms with van der Waals surface area (Å²) in [7, 11) is 0. The quantitative estimate of drug-likeness (QED) is 0.590. The van der Waals surface area contributed by atoms with Gasteiger partial charge in [0, 0.05) is 12.1 Å². The molecular formula is C10H16N4O3. The van der Waals surface area contributed by atoms with E-state index in [0.29, 0.717) is 0 Å². The maximum absolute atomic E-state index is 11.6. The largest absolute Gasteiger partial charge is 0.394 e. The molecule has 7 nitrogen and oxygen atoms in total. The van der Waals surface area contributed by atoms with Crippen molar-refractivity contribution in [2.45, 2.75) is 25.3 Å². The molecule has 0 radical (unpaired) electrons. The van der Waals surface area contributed by atoms with Crippen molar-refractivity contribution in [3.05, 3.63) is 22.7 Å². The minimum Gasteiger partial charge on any atom is -0.394 e. The Balaban J connectivity index is 2.32. The number of aromatic nitrogens is 2. The maximum Gasteiger partial charge on any atom is 0.351 e. The first kappa shape index (κ1) is 12.0. The van der Waals surface area contributed by atoms with Crippen molar-refractivity contribution < 1.29 is 9.84 Å². The summed E-state index contributed by atoms with van der Waals surface area (Å²) in [6.07, 6.45) is 0.531. The molecule has 7 heteroatoms. The molecule has 2 rings (SSSR count). The molecule has 17 heavy (non-hydrogen) atoms. The van der Waals surface area contributed by atoms with Crippen LogP contribution in [0, 0.1) is 5.92 Å². The maximum atomic E-state index is 11.6. The number of nitrogens with zero attached hydrogens (tertiary/aromatic N) is 2. The highest BCUT2D eigenvalue weighted by atomic mass is 16.5. The van der Waals surface area contributed by atoms with Crippen LogP contribution in [-0.2, 0) is 4.74 Å². The summed E-state index contributed by atoms with van der Waals surface area (Å²) in [6, 6.07) is 1.14. The topological polar surface area (TPSA) is 116 Å². The average Bonchev–Trinajstić information content (AvgIpc) is 2.57. The first-order valence-electron chi connectivity index (χ1n) is 5.41. The molecule has 0 amide bonds. The second-order valence-electron chi connectivity index (χ2n) is 4.23. The minimum atomic E-state index is -0.609. The normalized spacial score (nSPS) is 32.9. The summed E-state index contributed by atoms with van der Waals surface area (Å²) in [5.74, 6) is 0.124. The monoisotopic (exact) mass is 240 g/mol. The summed E-state index contributed by atoms with van der Waals surface area (Å²) in [4.78, 5) is 15.3. The lowest BCUT2D eigenvalue weighted by molar-refractivity contribution is -0.0334. The van der Waals surface area contributed by atoms with E-state index in [4.69, 9.17) is 21.3 Å². The van der Waals surface area contributed by atoms with Gasteiger partial charge in [0.05, 0.1) is 18.8 Å². The number of anilines is 1. The Bertz CT molecular complexity index is 461. The molecule has 0 aromatic carbocycles. The third-order valence-corrected chi connectivity index (χ3v) is 3.14. The molecule has 0 bridgehead atoms. The van der Waals surface area contributed by atoms with Gasteiger partial charge < -0.3 is 21.3 Å². The van der Waals surface area contributed by atoms with Crippen molar-refractivity contribution in [1.29, 1.82) is 0 Å². The smallest absolute Gasteiger partial charge is 0.351 e. The van der Waals surface area contributed by atoms with E-state index in [9.17, 15) is 4.79 Å². The molecule has 0 spiro atoms. The van der Waals surface area contributed by atoms with Crippen molar-refractivity contribution in [3.8, 4) is 0 Å². The highest BCUT2D eigenvalue weighted by Crippen LogP contribution is 2.31. The van der Waals surface area contributed by atoms with E-state index < -0.39 is 11.9 Å². The van der Waals surface area contributed by atoms with Gasteiger partial charge in [-0.1, -0.05) is 6.92 Å². The highest BCUT2D eigenvalue weighted by molar-refractivity contribution is 5.23. The summed E-state index contributed by atoms with van der Waals surface area (Å²) >= 11 is 0. The first-order chi connectivity index (χ1) is 8.04. The van der Waals surface area contributed by atoms with Crippen LogP contribution >= 0.6 is 0 Å². The van der Waals surface area contributed by atoms with Crippen LogP contribution in [0.2, 0.25) is 0 Å². The molecule has 0 saturated carbocycles. The molecule has 5 N–H and O–H groups in total. The molecule has 2 heterocycles. The van der Waals surface area contributed by atoms with Crippen LogP contribution in [0.1, 0.15) is 13.2 Å². The van der Waals surface area contributed by atoms with Gasteiger partial charge >= 0.3 is 5.69 Å². The lowest BCUT2D eigenvalue weighted by atomic mass is 9.99. The van der Waals surface area contributed by atoms with Crippen LogP contribution < -0.4 is 17.2 Å². The fraction of sp³-hybridized carbons (Fsp3) is 0.600. The SMILES string of the molecule is C[C@H]1[C@@H](N)[C@H](n2ccc(N)nc2=O)O[C@@H]1CO. The number of nitrogens with two attached hydrogens (primary N) is 2. The summed E-state index contributed by atoms with van der Waals surface area (Å²) < 4.78 is 6.85. The fourth-order valence-corrected chi connectivity index (χ4v) is 1.98. The Labute approximate surface area is 98.0 Å². The number of rotatable bonds is 2. The number of aliphatic hydroxyl groups is 1. The van der Waals surface area contributed by atoms with Gasteiger partial charge in [-0.2, -0.15) is 4.98 Å². The summed E-state index contributed by atoms with van der Waals surface area (Å²) in [6.45, 7) is 1.75. The zero-order chi connectivity index (χ0) is 12.6. The molecule has 1 aromatic rings. The Morgan fingerprint density at radius 1 is 1.65 bits per heavy atom. The number of hydrogen-bond donors (Lipinski definition) is 3. The molecule has 94 valence electrons. The van der Waals surface area contributed by atoms with Gasteiger partial charge in [0.1, 0.15) is 5.82 Å². The van der Waals surface area contributed by atoms with Crippen molar-refractivity contribution in [2.75, 3.05) is 12.3 Å². The van der Waals surface area contributed by atoms with Crippen molar-refractivity contribution in [3.63, 3.8) is 0 Å². The molecule has 1 aromatic heterocycles. The molecule has 0 aliphatic carbocycles. The predicted molar refractivity (Wildman–Crippen MR) is 61.0 cm³/mol. The average molecular weight is 240 g/mol. The Hall–Kier alpha value is -1.44. The fourth-order valence-electron chi connectivity index (χ4n) is 1.98. The van der Waals surface area contributed by atoms with E-state index in [0.717, 1.165) is 0 Å². The first-order valence-corrected chi connectivity index (χ1v) is 5.41. The van der Waals surface area contributed by atoms with Crippen LogP contribution in [0.15, 0.2) is 17.1 Å². The van der Waals surface area contributed by atoms with E-state index in [-0.39, 0.29) is 30.5 Å². The summed E-state index contributed by atoms with van der Waals surface area (Å²) in [5, 5.41) is 9.13. The Kier molecular flexibility index (Phi) is 3.14. The third kappa shape index (κ3) is 2.04. The van der Waals surface area contributed by atoms with Crippen molar-refractivity contribution >= 4 is 5.82 Å². The summed E-state index contributed by atoms with van der Waals surface area (Å²) in [5.41, 5.74) is 10.9. The van der Waals surface area contributed by atoms with E-state index >= 15 is 0 Å². The van der Waals surface area contributed by atoms with Crippen LogP contribution in [0.25, 0.3) is 0 Å². The lowest BCUT2D eigenvalue weighted by Gasteiger charge is -2.18. The zero-order valence-electron chi connectivity index (χ0n) is 9.48. The molecule has 4 atom stereocenters. The standard InChI is InChI=1S/C10H16N4O3/c1-5-6(4-15)17-9(8(5)12)14-3-2-7(11)13-10(14)16/h2-3,5-6,8-9,15H,4,12H2,1H3,(H2,11,13,16)/t5-,6-,8-,9-/m1/s1. The van der Waals surface area contributed by atoms with E-state index in [1.807, 2.05) is 6.92 Å². The van der Waals surface area contributed by atoms with E-state index in [1.54, 1.807) is 0 Å². The molecule has 1 aliphatic heterocycles. The Morgan fingerprint density at radius 3 is 2.88 bits per heavy atom. The number of ether oxygens (including phenoxy) is 1. The van der Waals surface area contributed by atoms with Gasteiger partial charge in [-0.15, -0.1) is 0 Å². The van der Waals surface area contributed by atoms with Gasteiger partial charge in [-0.25, -0.2) is 4.79 Å². The lowest BCUT2D eigenvalue weighted by Crippen LogP contribution is -2.38. The van der Waals surface area contributed by atoms with Crippen LogP contribution in [0.4, 0.5) is 5.82 Å². The van der Waals surface area contributed by atoms with Crippen LogP contribution in [0.3, 0.4) is 0 Å². The van der Waals surface area contributed by atoms with Gasteiger partial charge in [0.25, 0.3) is 0 Å². The minimum absolute atomic E-state index is 0.0329. The molecule has 0 unspecified atom stereocenters. The van der Waals surface area contributed by atoms with Crippen molar-refractivity contribution in [1.82, 2.24) is 9.55 Å². The van der Waals surface area contributed by atoms with Gasteiger partial charge in [-0.3, -0.25) is 4.57 Å². The van der Waals surface area contributed by atoms with Crippen LogP contribution in [-0.4, -0.2) is 33.4 Å². The predicted octanol–water partition coefficient (Wildman–Crippen LogP) is -1.32. The van der Waals surface area contributed by atoms with Gasteiger partial charge in [0.2, 0.25) is 0 Å². The third-order valence-electron chi connectivity index (χ3n) is 3.14. The van der Waals surface area contributed by atoms with Crippen LogP contribution in [0.5, 0.6) is 0 Å². The molecule has 1 saturated heterocycles. The molecule has 1 aliphatic rings. The van der Waals surface area contributed by atoms with Gasteiger partial charge in [0.15, 0.2) is 6.23 Å². The molecule has 1 fully saturated rings. The zero-order valence-corrected chi connectivity index (χ0v) is 9.48. The highest BCUT2D eigenvalue weighted by Gasteiger charge is 2.40. The number of hydrogen-bond acceptors (Lipinski definition) is 6. The molecular weight excluding hydrogens is 224 g/mol. The number of aliphatic hydroxyl groups excluding tert-OH is 1. The number of nitrogen functional groups attached to an aromatic ring is 1. The Morgan fingerprint density at radius 2 is 2.35 bits per heavy atom. The van der Waals surface area contributed by atoms with E-state index in [1.165, 1.54) is 16.8 Å².